The molecule has 1 aliphatic carbocycles. The maximum Gasteiger partial charge on any atom is 0.194 e. The minimum atomic E-state index is 0.481. The number of hydrogen-bond donors (Lipinski definition) is 0. The van der Waals surface area contributed by atoms with Gasteiger partial charge in [-0.3, -0.25) is 4.90 Å². The topological polar surface area (TPSA) is 35.3 Å². The van der Waals surface area contributed by atoms with E-state index in [0.717, 1.165) is 69.8 Å². The van der Waals surface area contributed by atoms with Crippen LogP contribution in [0.25, 0.3) is 5.70 Å². The molecule has 0 atom stereocenters. The molecule has 6 nitrogen and oxygen atoms in total. The predicted molar refractivity (Wildman–Crippen MR) is 105 cm³/mol. The monoisotopic (exact) mass is 392 g/mol. The van der Waals surface area contributed by atoms with Crippen molar-refractivity contribution in [1.82, 2.24) is 19.6 Å². The van der Waals surface area contributed by atoms with Crippen LogP contribution in [0.4, 0.5) is 0 Å². The van der Waals surface area contributed by atoms with Crippen LogP contribution in [-0.4, -0.2) is 85.3 Å². The van der Waals surface area contributed by atoms with Crippen LogP contribution < -0.4 is 0 Å². The van der Waals surface area contributed by atoms with Gasteiger partial charge in [0, 0.05) is 63.6 Å². The van der Waals surface area contributed by atoms with Gasteiger partial charge in [-0.25, -0.2) is 0 Å². The average Bonchev–Trinajstić information content (AvgIpc) is 3.42. The first kappa shape index (κ1) is 17.9. The van der Waals surface area contributed by atoms with Crippen LogP contribution in [0.1, 0.15) is 24.2 Å². The summed E-state index contributed by atoms with van der Waals surface area (Å²) in [6.07, 6.45) is 5.18. The van der Waals surface area contributed by atoms with Crippen LogP contribution in [0.2, 0.25) is 5.22 Å². The van der Waals surface area contributed by atoms with E-state index in [1.165, 1.54) is 38.2 Å². The third-order valence-electron chi connectivity index (χ3n) is 6.12. The molecule has 0 N–H and O–H groups in total. The van der Waals surface area contributed by atoms with Gasteiger partial charge in [-0.2, -0.15) is 0 Å². The van der Waals surface area contributed by atoms with Gasteiger partial charge in [0.1, 0.15) is 5.76 Å². The summed E-state index contributed by atoms with van der Waals surface area (Å²) in [7, 11) is 0. The zero-order valence-electron chi connectivity index (χ0n) is 15.9. The second kappa shape index (κ2) is 7.66. The van der Waals surface area contributed by atoms with Crippen molar-refractivity contribution in [2.75, 3.05) is 65.7 Å². The van der Waals surface area contributed by atoms with Gasteiger partial charge in [0.05, 0.1) is 32.1 Å². The molecule has 27 heavy (non-hydrogen) atoms. The highest BCUT2D eigenvalue weighted by molar-refractivity contribution is 6.29. The Hall–Kier alpha value is -1.21. The van der Waals surface area contributed by atoms with E-state index in [2.05, 4.69) is 25.8 Å². The number of rotatable bonds is 5. The summed E-state index contributed by atoms with van der Waals surface area (Å²) in [5.41, 5.74) is 2.37. The predicted octanol–water partition coefficient (Wildman–Crippen LogP) is 2.36. The van der Waals surface area contributed by atoms with Gasteiger partial charge in [0.15, 0.2) is 5.22 Å². The molecule has 0 bridgehead atoms. The number of nitrogens with zero attached hydrogens (tertiary/aromatic N) is 4. The van der Waals surface area contributed by atoms with Crippen molar-refractivity contribution in [3.05, 3.63) is 28.8 Å². The highest BCUT2D eigenvalue weighted by Gasteiger charge is 2.29. The number of ether oxygens (including phenoxy) is 1. The van der Waals surface area contributed by atoms with Crippen LogP contribution in [0.3, 0.4) is 0 Å². The molecule has 5 rings (SSSR count). The third kappa shape index (κ3) is 4.14. The molecule has 0 radical (unpaired) electrons. The Labute approximate surface area is 166 Å². The Bertz CT molecular complexity index is 688. The molecule has 3 fully saturated rings. The lowest BCUT2D eigenvalue weighted by Gasteiger charge is -2.39. The lowest BCUT2D eigenvalue weighted by atomic mass is 10.1. The standard InChI is InChI=1S/C20H29ClN4O2/c21-20-11-17-18(25-7-9-26-10-8-25)13-24(14-19(17)27-20)15-23-5-3-22(4-6-23)12-16-1-2-16/h11,13,16H,1-10,12,14-15H2. The van der Waals surface area contributed by atoms with E-state index in [0.29, 0.717) is 5.22 Å². The average molecular weight is 393 g/mol. The molecular weight excluding hydrogens is 364 g/mol. The van der Waals surface area contributed by atoms with Crippen LogP contribution in [0, 0.1) is 5.92 Å². The Morgan fingerprint density at radius 2 is 1.74 bits per heavy atom. The van der Waals surface area contributed by atoms with E-state index >= 15 is 0 Å². The fourth-order valence-electron chi connectivity index (χ4n) is 4.39. The SMILES string of the molecule is Clc1cc2c(o1)CN(CN1CCN(CC3CC3)CC1)C=C2N1CCOCC1. The molecule has 4 heterocycles. The molecule has 2 saturated heterocycles. The first-order chi connectivity index (χ1) is 13.2. The maximum atomic E-state index is 6.19. The van der Waals surface area contributed by atoms with Gasteiger partial charge in [-0.05, 0) is 30.4 Å². The molecule has 1 aromatic heterocycles. The first-order valence-electron chi connectivity index (χ1n) is 10.3. The van der Waals surface area contributed by atoms with Gasteiger partial charge in [0.25, 0.3) is 0 Å². The van der Waals surface area contributed by atoms with Crippen molar-refractivity contribution in [3.8, 4) is 0 Å². The molecule has 0 aromatic carbocycles. The summed E-state index contributed by atoms with van der Waals surface area (Å²) < 4.78 is 11.3. The number of furan rings is 1. The molecule has 0 spiro atoms. The van der Waals surface area contributed by atoms with E-state index in [1.54, 1.807) is 0 Å². The van der Waals surface area contributed by atoms with Crippen molar-refractivity contribution in [2.45, 2.75) is 19.4 Å². The van der Waals surface area contributed by atoms with E-state index in [9.17, 15) is 0 Å². The molecule has 3 aliphatic heterocycles. The third-order valence-corrected chi connectivity index (χ3v) is 6.30. The van der Waals surface area contributed by atoms with Crippen molar-refractivity contribution < 1.29 is 9.15 Å². The lowest BCUT2D eigenvalue weighted by molar-refractivity contribution is 0.0609. The molecule has 1 saturated carbocycles. The molecule has 1 aromatic rings. The fraction of sp³-hybridized carbons (Fsp3) is 0.700. The number of piperazine rings is 1. The molecule has 148 valence electrons. The van der Waals surface area contributed by atoms with E-state index in [1.807, 2.05) is 6.07 Å². The zero-order valence-corrected chi connectivity index (χ0v) is 16.7. The van der Waals surface area contributed by atoms with E-state index in [4.69, 9.17) is 20.8 Å². The summed E-state index contributed by atoms with van der Waals surface area (Å²) in [6.45, 7) is 11.1. The lowest BCUT2D eigenvalue weighted by Crippen LogP contribution is -2.50. The Balaban J connectivity index is 1.25. The zero-order chi connectivity index (χ0) is 18.2. The van der Waals surface area contributed by atoms with Crippen LogP contribution in [0.5, 0.6) is 0 Å². The summed E-state index contributed by atoms with van der Waals surface area (Å²) in [5.74, 6) is 1.97. The van der Waals surface area contributed by atoms with Gasteiger partial charge in [0.2, 0.25) is 0 Å². The smallest absolute Gasteiger partial charge is 0.194 e. The fourth-order valence-corrected chi connectivity index (χ4v) is 4.59. The quantitative estimate of drug-likeness (QED) is 0.765. The normalized spacial score (nSPS) is 24.9. The Kier molecular flexibility index (Phi) is 5.07. The molecular formula is C20H29ClN4O2. The highest BCUT2D eigenvalue weighted by Crippen LogP contribution is 2.34. The second-order valence-corrected chi connectivity index (χ2v) is 8.62. The number of hydrogen-bond acceptors (Lipinski definition) is 6. The maximum absolute atomic E-state index is 6.19. The van der Waals surface area contributed by atoms with Crippen molar-refractivity contribution in [3.63, 3.8) is 0 Å². The van der Waals surface area contributed by atoms with Gasteiger partial charge in [-0.1, -0.05) is 0 Å². The summed E-state index contributed by atoms with van der Waals surface area (Å²) >= 11 is 6.19. The molecule has 0 unspecified atom stereocenters. The summed E-state index contributed by atoms with van der Waals surface area (Å²) in [6, 6.07) is 1.96. The molecule has 4 aliphatic rings. The van der Waals surface area contributed by atoms with Gasteiger partial charge in [-0.15, -0.1) is 0 Å². The minimum absolute atomic E-state index is 0.481. The molecule has 0 amide bonds. The van der Waals surface area contributed by atoms with Gasteiger partial charge < -0.3 is 23.9 Å². The largest absolute Gasteiger partial charge is 0.447 e. The minimum Gasteiger partial charge on any atom is -0.447 e. The number of halogens is 1. The second-order valence-electron chi connectivity index (χ2n) is 8.25. The number of fused-ring (bicyclic) bond motifs is 1. The van der Waals surface area contributed by atoms with Crippen LogP contribution >= 0.6 is 11.6 Å². The van der Waals surface area contributed by atoms with E-state index < -0.39 is 0 Å². The van der Waals surface area contributed by atoms with Crippen molar-refractivity contribution in [2.24, 2.45) is 5.92 Å². The van der Waals surface area contributed by atoms with Crippen molar-refractivity contribution in [1.29, 1.82) is 0 Å². The highest BCUT2D eigenvalue weighted by atomic mass is 35.5. The van der Waals surface area contributed by atoms with Crippen molar-refractivity contribution >= 4 is 17.3 Å². The van der Waals surface area contributed by atoms with Gasteiger partial charge >= 0.3 is 0 Å². The molecule has 7 heteroatoms. The number of morpholine rings is 1. The van der Waals surface area contributed by atoms with Crippen LogP contribution in [-0.2, 0) is 11.3 Å². The van der Waals surface area contributed by atoms with Crippen LogP contribution in [0.15, 0.2) is 16.7 Å². The Morgan fingerprint density at radius 3 is 2.48 bits per heavy atom. The Morgan fingerprint density at radius 1 is 1.00 bits per heavy atom. The summed E-state index contributed by atoms with van der Waals surface area (Å²) in [5, 5.41) is 0.481. The van der Waals surface area contributed by atoms with E-state index in [-0.39, 0.29) is 0 Å². The summed E-state index contributed by atoms with van der Waals surface area (Å²) in [4.78, 5) is 9.98. The first-order valence-corrected chi connectivity index (χ1v) is 10.6.